The van der Waals surface area contributed by atoms with E-state index in [0.29, 0.717) is 14.9 Å². The minimum absolute atomic E-state index is 0.0331. The van der Waals surface area contributed by atoms with Gasteiger partial charge >= 0.3 is 0 Å². The Labute approximate surface area is 144 Å². The zero-order valence-corrected chi connectivity index (χ0v) is 13.7. The summed E-state index contributed by atoms with van der Waals surface area (Å²) in [6.07, 6.45) is 0. The molecule has 0 radical (unpaired) electrons. The Balaban J connectivity index is 2.06. The number of amides is 1. The highest BCUT2D eigenvalue weighted by Gasteiger charge is 2.17. The lowest BCUT2D eigenvalue weighted by Gasteiger charge is -2.07. The molecule has 0 atom stereocenters. The van der Waals surface area contributed by atoms with Gasteiger partial charge in [-0.25, -0.2) is 4.39 Å². The van der Waals surface area contributed by atoms with E-state index in [-0.39, 0.29) is 11.4 Å². The van der Waals surface area contributed by atoms with Gasteiger partial charge in [0.05, 0.1) is 21.8 Å². The first kappa shape index (κ1) is 17.5. The molecule has 0 aromatic heterocycles. The van der Waals surface area contributed by atoms with E-state index in [1.807, 2.05) is 0 Å². The van der Waals surface area contributed by atoms with E-state index in [0.717, 1.165) is 30.0 Å². The van der Waals surface area contributed by atoms with Gasteiger partial charge in [-0.1, -0.05) is 23.2 Å². The van der Waals surface area contributed by atoms with Gasteiger partial charge in [0.25, 0.3) is 5.69 Å². The lowest BCUT2D eigenvalue weighted by atomic mass is 10.2. The fraction of sp³-hybridized carbons (Fsp3) is 0.0714. The molecule has 2 rings (SSSR count). The van der Waals surface area contributed by atoms with Crippen LogP contribution in [-0.4, -0.2) is 16.6 Å². The maximum Gasteiger partial charge on any atom is 0.295 e. The van der Waals surface area contributed by atoms with Crippen LogP contribution in [0.1, 0.15) is 0 Å². The highest BCUT2D eigenvalue weighted by molar-refractivity contribution is 8.00. The van der Waals surface area contributed by atoms with Crippen LogP contribution in [0.5, 0.6) is 0 Å². The highest BCUT2D eigenvalue weighted by atomic mass is 35.5. The van der Waals surface area contributed by atoms with E-state index >= 15 is 0 Å². The first-order valence-electron chi connectivity index (χ1n) is 6.18. The van der Waals surface area contributed by atoms with Crippen molar-refractivity contribution in [2.24, 2.45) is 0 Å². The minimum Gasteiger partial charge on any atom is -0.320 e. The van der Waals surface area contributed by atoms with Crippen LogP contribution < -0.4 is 5.32 Å². The molecule has 120 valence electrons. The molecule has 2 aromatic carbocycles. The first-order valence-corrected chi connectivity index (χ1v) is 7.92. The van der Waals surface area contributed by atoms with Gasteiger partial charge in [0.2, 0.25) is 5.91 Å². The summed E-state index contributed by atoms with van der Waals surface area (Å²) >= 11 is 13.0. The van der Waals surface area contributed by atoms with Crippen molar-refractivity contribution in [2.75, 3.05) is 11.1 Å². The summed E-state index contributed by atoms with van der Waals surface area (Å²) in [5.41, 5.74) is -0.580. The normalized spacial score (nSPS) is 10.4. The quantitative estimate of drug-likeness (QED) is 0.464. The van der Waals surface area contributed by atoms with Gasteiger partial charge in [0, 0.05) is 9.92 Å². The smallest absolute Gasteiger partial charge is 0.295 e. The molecule has 0 heterocycles. The summed E-state index contributed by atoms with van der Waals surface area (Å²) in [5, 5.41) is 14.2. The number of nitrogens with zero attached hydrogens (tertiary/aromatic N) is 1. The first-order chi connectivity index (χ1) is 10.9. The topological polar surface area (TPSA) is 72.2 Å². The molecule has 0 saturated heterocycles. The molecule has 9 heteroatoms. The van der Waals surface area contributed by atoms with Gasteiger partial charge in [0.1, 0.15) is 11.5 Å². The van der Waals surface area contributed by atoms with Crippen LogP contribution in [0.25, 0.3) is 0 Å². The third-order valence-corrected chi connectivity index (χ3v) is 4.41. The lowest BCUT2D eigenvalue weighted by molar-refractivity contribution is -0.384. The lowest BCUT2D eigenvalue weighted by Crippen LogP contribution is -2.15. The van der Waals surface area contributed by atoms with Crippen molar-refractivity contribution in [3.05, 3.63) is 62.4 Å². The summed E-state index contributed by atoms with van der Waals surface area (Å²) in [5.74, 6) is -1.27. The molecule has 23 heavy (non-hydrogen) atoms. The van der Waals surface area contributed by atoms with E-state index in [1.165, 1.54) is 0 Å². The Bertz CT molecular complexity index is 774. The second kappa shape index (κ2) is 7.63. The third-order valence-electron chi connectivity index (χ3n) is 2.68. The number of anilines is 1. The van der Waals surface area contributed by atoms with Crippen molar-refractivity contribution in [2.45, 2.75) is 4.90 Å². The molecular weight excluding hydrogens is 366 g/mol. The Morgan fingerprint density at radius 3 is 2.70 bits per heavy atom. The largest absolute Gasteiger partial charge is 0.320 e. The summed E-state index contributed by atoms with van der Waals surface area (Å²) < 4.78 is 13.0. The molecule has 0 saturated carbocycles. The van der Waals surface area contributed by atoms with Gasteiger partial charge in [0.15, 0.2) is 0 Å². The molecule has 1 amide bonds. The number of halogens is 3. The van der Waals surface area contributed by atoms with Crippen LogP contribution in [0.4, 0.5) is 15.8 Å². The van der Waals surface area contributed by atoms with Gasteiger partial charge in [-0.3, -0.25) is 14.9 Å². The minimum atomic E-state index is -0.764. The summed E-state index contributed by atoms with van der Waals surface area (Å²) in [4.78, 5) is 22.6. The standard InChI is InChI=1S/C14H9Cl2FN2O3S/c15-8-1-3-10(16)13(5-8)23-7-14(20)18-11-4-2-9(17)6-12(11)19(21)22/h1-6H,7H2,(H,18,20). The van der Waals surface area contributed by atoms with Crippen LogP contribution in [-0.2, 0) is 4.79 Å². The molecular formula is C14H9Cl2FN2O3S. The highest BCUT2D eigenvalue weighted by Crippen LogP contribution is 2.30. The Kier molecular flexibility index (Phi) is 5.81. The van der Waals surface area contributed by atoms with Crippen LogP contribution in [0, 0.1) is 15.9 Å². The number of nitrogens with one attached hydrogen (secondary N) is 1. The summed E-state index contributed by atoms with van der Waals surface area (Å²) in [7, 11) is 0. The van der Waals surface area contributed by atoms with Gasteiger partial charge < -0.3 is 5.32 Å². The molecule has 5 nitrogen and oxygen atoms in total. The third kappa shape index (κ3) is 4.82. The summed E-state index contributed by atoms with van der Waals surface area (Å²) in [6.45, 7) is 0. The van der Waals surface area contributed by atoms with Crippen LogP contribution in [0.2, 0.25) is 10.0 Å². The average Bonchev–Trinajstić information content (AvgIpc) is 2.49. The molecule has 0 aliphatic carbocycles. The molecule has 0 aliphatic heterocycles. The Morgan fingerprint density at radius 2 is 2.00 bits per heavy atom. The number of hydrogen-bond donors (Lipinski definition) is 1. The van der Waals surface area contributed by atoms with Crippen LogP contribution in [0.3, 0.4) is 0 Å². The Hall–Kier alpha value is -1.83. The molecule has 0 unspecified atom stereocenters. The van der Waals surface area contributed by atoms with E-state index in [1.54, 1.807) is 18.2 Å². The molecule has 0 spiro atoms. The van der Waals surface area contributed by atoms with Gasteiger partial charge in [-0.05, 0) is 30.3 Å². The number of benzene rings is 2. The second-order valence-corrected chi connectivity index (χ2v) is 6.19. The molecule has 1 N–H and O–H groups in total. The Morgan fingerprint density at radius 1 is 1.26 bits per heavy atom. The van der Waals surface area contributed by atoms with Crippen molar-refractivity contribution in [1.29, 1.82) is 0 Å². The average molecular weight is 375 g/mol. The SMILES string of the molecule is O=C(CSc1cc(Cl)ccc1Cl)Nc1ccc(F)cc1[N+](=O)[O-]. The number of nitro benzene ring substituents is 1. The maximum absolute atomic E-state index is 13.0. The summed E-state index contributed by atoms with van der Waals surface area (Å²) in [6, 6.07) is 7.76. The molecule has 0 aliphatic rings. The van der Waals surface area contributed by atoms with E-state index < -0.39 is 22.3 Å². The van der Waals surface area contributed by atoms with E-state index in [9.17, 15) is 19.3 Å². The van der Waals surface area contributed by atoms with Gasteiger partial charge in [-0.15, -0.1) is 11.8 Å². The second-order valence-electron chi connectivity index (χ2n) is 4.33. The zero-order chi connectivity index (χ0) is 17.0. The molecule has 2 aromatic rings. The fourth-order valence-electron chi connectivity index (χ4n) is 1.68. The van der Waals surface area contributed by atoms with Crippen molar-refractivity contribution >= 4 is 52.2 Å². The predicted octanol–water partition coefficient (Wildman–Crippen LogP) is 4.77. The van der Waals surface area contributed by atoms with Gasteiger partial charge in [-0.2, -0.15) is 0 Å². The number of nitro groups is 1. The number of rotatable bonds is 5. The van der Waals surface area contributed by atoms with E-state index in [4.69, 9.17) is 23.2 Å². The number of carbonyl (C=O) groups is 1. The van der Waals surface area contributed by atoms with Crippen molar-refractivity contribution in [3.63, 3.8) is 0 Å². The zero-order valence-electron chi connectivity index (χ0n) is 11.4. The number of hydrogen-bond acceptors (Lipinski definition) is 4. The number of carbonyl (C=O) groups excluding carboxylic acids is 1. The van der Waals surface area contributed by atoms with Crippen LogP contribution >= 0.6 is 35.0 Å². The van der Waals surface area contributed by atoms with Crippen LogP contribution in [0.15, 0.2) is 41.3 Å². The maximum atomic E-state index is 13.0. The van der Waals surface area contributed by atoms with Crippen molar-refractivity contribution in [3.8, 4) is 0 Å². The fourth-order valence-corrected chi connectivity index (χ4v) is 2.97. The molecule has 0 fully saturated rings. The monoisotopic (exact) mass is 374 g/mol. The van der Waals surface area contributed by atoms with Crippen molar-refractivity contribution in [1.82, 2.24) is 0 Å². The number of thioether (sulfide) groups is 1. The predicted molar refractivity (Wildman–Crippen MR) is 88.9 cm³/mol. The molecule has 0 bridgehead atoms. The van der Waals surface area contributed by atoms with E-state index in [2.05, 4.69) is 5.32 Å². The van der Waals surface area contributed by atoms with Crippen molar-refractivity contribution < 1.29 is 14.1 Å².